The first-order chi connectivity index (χ1) is 24.6. The molecule has 0 aromatic heterocycles. The van der Waals surface area contributed by atoms with Gasteiger partial charge in [0.1, 0.15) is 35.8 Å². The lowest BCUT2D eigenvalue weighted by atomic mass is 9.79. The van der Waals surface area contributed by atoms with Crippen molar-refractivity contribution in [1.29, 1.82) is 0 Å². The fourth-order valence-corrected chi connectivity index (χ4v) is 9.05. The lowest BCUT2D eigenvalue weighted by molar-refractivity contribution is -0.317. The molecule has 4 aliphatic rings. The van der Waals surface area contributed by atoms with Gasteiger partial charge in [0, 0.05) is 45.1 Å². The highest BCUT2D eigenvalue weighted by molar-refractivity contribution is 5.92. The number of ketones is 1. The predicted molar refractivity (Wildman–Crippen MR) is 197 cm³/mol. The Hall–Kier alpha value is -1.68. The fourth-order valence-electron chi connectivity index (χ4n) is 9.05. The normalized spacial score (nSPS) is 46.1. The molecule has 0 spiro atoms. The Morgan fingerprint density at radius 1 is 0.981 bits per heavy atom. The molecule has 16 atom stereocenters. The van der Waals surface area contributed by atoms with Gasteiger partial charge < -0.3 is 48.1 Å². The molecule has 0 radical (unpaired) electrons. The lowest BCUT2D eigenvalue weighted by Gasteiger charge is -2.49. The summed E-state index contributed by atoms with van der Waals surface area (Å²) in [7, 11) is 4.97. The van der Waals surface area contributed by atoms with Crippen LogP contribution in [0.5, 0.6) is 0 Å². The average Bonchev–Trinajstić information content (AvgIpc) is 3.43. The molecule has 3 fully saturated rings. The smallest absolute Gasteiger partial charge is 0.311 e. The van der Waals surface area contributed by atoms with Crippen molar-refractivity contribution in [1.82, 2.24) is 4.90 Å². The Morgan fingerprint density at radius 2 is 1.62 bits per heavy atom. The van der Waals surface area contributed by atoms with Crippen molar-refractivity contribution in [3.8, 4) is 0 Å². The van der Waals surface area contributed by atoms with Gasteiger partial charge in [0.25, 0.3) is 0 Å². The number of likely N-dealkylation sites (N-methyl/N-ethyl adjacent to an activating group) is 1. The number of methoxy groups -OCH3 is 2. The summed E-state index contributed by atoms with van der Waals surface area (Å²) >= 11 is 0. The fraction of sp³-hybridized carbons (Fsp3) is 0.900. The van der Waals surface area contributed by atoms with Crippen LogP contribution in [0.4, 0.5) is 0 Å². The molecule has 4 heterocycles. The molecule has 13 nitrogen and oxygen atoms in total. The molecule has 13 heteroatoms. The minimum absolute atomic E-state index is 0.164. The van der Waals surface area contributed by atoms with Gasteiger partial charge in [0.15, 0.2) is 24.0 Å². The molecule has 0 aromatic rings. The summed E-state index contributed by atoms with van der Waals surface area (Å²) in [5, 5.41) is 22.8. The van der Waals surface area contributed by atoms with Crippen molar-refractivity contribution < 1.29 is 57.7 Å². The SMILES string of the molecule is CC[C@H]1OC(=O)[C@H](C)[C@H](O[C@H]2C[C@@](C)(OC)[C@@H](O)[C@H](C)O2)[C@H](C)[C@H](O[C@@H]2O[C@H](C)C[C@H](N(C)C(C)C)[C@H]2O)[C@]2(C)CC(C)=C(O2)[C@@H](C)C(=O)[C@]1(C)OC. The Kier molecular flexibility index (Phi) is 14.0. The molecule has 0 amide bonds. The van der Waals surface area contributed by atoms with Crippen molar-refractivity contribution in [3.63, 3.8) is 0 Å². The molecule has 0 aromatic carbocycles. The zero-order valence-electron chi connectivity index (χ0n) is 34.8. The zero-order valence-corrected chi connectivity index (χ0v) is 34.8. The maximum atomic E-state index is 14.4. The molecule has 0 saturated carbocycles. The second-order valence-electron chi connectivity index (χ2n) is 17.1. The van der Waals surface area contributed by atoms with E-state index in [1.165, 1.54) is 14.2 Å². The number of fused-ring (bicyclic) bond motifs is 2. The van der Waals surface area contributed by atoms with E-state index in [1.54, 1.807) is 34.6 Å². The first kappa shape index (κ1) is 44.0. The second-order valence-corrected chi connectivity index (χ2v) is 17.1. The number of carbonyl (C=O) groups is 2. The lowest BCUT2D eigenvalue weighted by Crippen LogP contribution is -2.61. The number of rotatable bonds is 9. The number of Topliss-reactive ketones (excluding diaryl/α,β-unsaturated/α-hetero) is 1. The Balaban J connectivity index is 1.86. The van der Waals surface area contributed by atoms with Crippen molar-refractivity contribution in [2.24, 2.45) is 17.8 Å². The highest BCUT2D eigenvalue weighted by atomic mass is 16.7. The monoisotopic (exact) mass is 755 g/mol. The van der Waals surface area contributed by atoms with Gasteiger partial charge in [-0.15, -0.1) is 0 Å². The topological polar surface area (TPSA) is 152 Å². The van der Waals surface area contributed by atoms with Crippen LogP contribution < -0.4 is 0 Å². The van der Waals surface area contributed by atoms with E-state index in [4.69, 9.17) is 37.9 Å². The van der Waals surface area contributed by atoms with Crippen LogP contribution in [0.3, 0.4) is 0 Å². The number of esters is 1. The highest BCUT2D eigenvalue weighted by Gasteiger charge is 2.56. The maximum Gasteiger partial charge on any atom is 0.311 e. The third-order valence-corrected chi connectivity index (χ3v) is 12.8. The standard InChI is InChI=1S/C40H69NO12/c1-16-28-40(12,47-15)33(43)23(6)31-21(4)18-39(11,53-31)35(52-37-30(42)27(17-22(5)48-37)41(13)20(2)3)24(7)32(25(8)36(45)50-28)51-29-19-38(10,46-14)34(44)26(9)49-29/h20,22-30,32,34-35,37,42,44H,16-19H2,1-15H3/t22-,23-,24+,25-,26+,27+,28-,29+,30-,32-,34+,35+,37+,38-,39+,40-/m1/s1. The Morgan fingerprint density at radius 3 is 2.19 bits per heavy atom. The largest absolute Gasteiger partial charge is 0.488 e. The van der Waals surface area contributed by atoms with Crippen LogP contribution in [0, 0.1) is 17.8 Å². The molecule has 2 N–H and O–H groups in total. The van der Waals surface area contributed by atoms with Crippen molar-refractivity contribution in [2.75, 3.05) is 21.3 Å². The van der Waals surface area contributed by atoms with Crippen LogP contribution in [-0.4, -0.2) is 132 Å². The minimum Gasteiger partial charge on any atom is -0.488 e. The average molecular weight is 756 g/mol. The third-order valence-electron chi connectivity index (χ3n) is 12.8. The first-order valence-electron chi connectivity index (χ1n) is 19.5. The molecule has 0 unspecified atom stereocenters. The van der Waals surface area contributed by atoms with E-state index in [-0.39, 0.29) is 30.4 Å². The number of cyclic esters (lactones) is 1. The van der Waals surface area contributed by atoms with E-state index in [2.05, 4.69) is 18.7 Å². The first-order valence-corrected chi connectivity index (χ1v) is 19.5. The number of nitrogens with zero attached hydrogens (tertiary/aromatic N) is 1. The molecular weight excluding hydrogens is 686 g/mol. The van der Waals surface area contributed by atoms with E-state index in [0.717, 1.165) is 5.57 Å². The van der Waals surface area contributed by atoms with Gasteiger partial charge in [0.05, 0.1) is 35.7 Å². The highest BCUT2D eigenvalue weighted by Crippen LogP contribution is 2.47. The van der Waals surface area contributed by atoms with E-state index < -0.39 is 89.7 Å². The van der Waals surface area contributed by atoms with Gasteiger partial charge in [-0.05, 0) is 94.7 Å². The summed E-state index contributed by atoms with van der Waals surface area (Å²) in [6.45, 7) is 22.5. The Bertz CT molecular complexity index is 1330. The van der Waals surface area contributed by atoms with Gasteiger partial charge in [-0.3, -0.25) is 14.5 Å². The number of aliphatic hydroxyl groups excluding tert-OH is 2. The summed E-state index contributed by atoms with van der Waals surface area (Å²) < 4.78 is 51.1. The van der Waals surface area contributed by atoms with Gasteiger partial charge in [-0.2, -0.15) is 0 Å². The van der Waals surface area contributed by atoms with Crippen LogP contribution in [0.1, 0.15) is 109 Å². The van der Waals surface area contributed by atoms with Crippen molar-refractivity contribution >= 4 is 11.8 Å². The van der Waals surface area contributed by atoms with E-state index >= 15 is 0 Å². The minimum atomic E-state index is -1.48. The number of allylic oxidation sites excluding steroid dienone is 1. The molecular formula is C40H69NO12. The van der Waals surface area contributed by atoms with Crippen LogP contribution in [0.15, 0.2) is 11.3 Å². The number of carbonyl (C=O) groups excluding carboxylic acids is 2. The number of hydrogen-bond donors (Lipinski definition) is 2. The summed E-state index contributed by atoms with van der Waals surface area (Å²) in [5.74, 6) is -2.59. The summed E-state index contributed by atoms with van der Waals surface area (Å²) in [4.78, 5) is 30.8. The summed E-state index contributed by atoms with van der Waals surface area (Å²) in [5.41, 5.74) is -2.66. The number of hydrogen-bond acceptors (Lipinski definition) is 13. The molecule has 0 aliphatic carbocycles. The van der Waals surface area contributed by atoms with Crippen LogP contribution in [-0.2, 0) is 47.5 Å². The molecule has 4 rings (SSSR count). The Labute approximate surface area is 317 Å². The number of aliphatic hydroxyl groups is 2. The number of ether oxygens (including phenoxy) is 8. The van der Waals surface area contributed by atoms with Gasteiger partial charge in [-0.1, -0.05) is 13.8 Å². The maximum absolute atomic E-state index is 14.4. The van der Waals surface area contributed by atoms with Gasteiger partial charge in [-0.25, -0.2) is 0 Å². The van der Waals surface area contributed by atoms with Crippen molar-refractivity contribution in [3.05, 3.63) is 11.3 Å². The quantitative estimate of drug-likeness (QED) is 0.318. The summed E-state index contributed by atoms with van der Waals surface area (Å²) in [6.07, 6.45) is -5.84. The zero-order chi connectivity index (χ0) is 40.0. The molecule has 2 bridgehead atoms. The van der Waals surface area contributed by atoms with Gasteiger partial charge in [0.2, 0.25) is 0 Å². The van der Waals surface area contributed by atoms with Crippen LogP contribution in [0.25, 0.3) is 0 Å². The van der Waals surface area contributed by atoms with Crippen LogP contribution in [0.2, 0.25) is 0 Å². The predicted octanol–water partition coefficient (Wildman–Crippen LogP) is 4.53. The molecule has 306 valence electrons. The molecule has 53 heavy (non-hydrogen) atoms. The van der Waals surface area contributed by atoms with E-state index in [1.807, 2.05) is 41.7 Å². The third kappa shape index (κ3) is 8.54. The molecule has 4 aliphatic heterocycles. The second kappa shape index (κ2) is 16.8. The summed E-state index contributed by atoms with van der Waals surface area (Å²) in [6, 6.07) is -0.0782. The van der Waals surface area contributed by atoms with E-state index in [0.29, 0.717) is 25.0 Å². The van der Waals surface area contributed by atoms with Crippen molar-refractivity contribution in [2.45, 2.75) is 193 Å². The van der Waals surface area contributed by atoms with Crippen LogP contribution >= 0.6 is 0 Å². The van der Waals surface area contributed by atoms with Gasteiger partial charge >= 0.3 is 5.97 Å². The molecule has 3 saturated heterocycles. The van der Waals surface area contributed by atoms with E-state index in [9.17, 15) is 19.8 Å².